The predicted molar refractivity (Wildman–Crippen MR) is 101 cm³/mol. The number of amides is 2. The molecule has 0 aliphatic carbocycles. The summed E-state index contributed by atoms with van der Waals surface area (Å²) in [6.07, 6.45) is 2.99. The van der Waals surface area contributed by atoms with Crippen LogP contribution in [0, 0.1) is 0 Å². The van der Waals surface area contributed by atoms with Gasteiger partial charge >= 0.3 is 0 Å². The van der Waals surface area contributed by atoms with Crippen molar-refractivity contribution in [1.82, 2.24) is 15.8 Å². The van der Waals surface area contributed by atoms with E-state index in [-0.39, 0.29) is 6.61 Å². The number of halogens is 1. The lowest BCUT2D eigenvalue weighted by atomic mass is 10.2. The van der Waals surface area contributed by atoms with Gasteiger partial charge in [-0.15, -0.1) is 0 Å². The van der Waals surface area contributed by atoms with E-state index in [4.69, 9.17) is 16.3 Å². The molecule has 0 spiro atoms. The SMILES string of the molecule is O=C(NNC(=O)c1ccccc1OCc1ccc(Cl)cc1)c1ccncc1. The summed E-state index contributed by atoms with van der Waals surface area (Å²) < 4.78 is 5.75. The number of carbonyl (C=O) groups excluding carboxylic acids is 2. The first-order valence-electron chi connectivity index (χ1n) is 8.10. The molecule has 0 saturated heterocycles. The Morgan fingerprint density at radius 1 is 0.889 bits per heavy atom. The quantitative estimate of drug-likeness (QED) is 0.664. The van der Waals surface area contributed by atoms with Gasteiger partial charge in [-0.3, -0.25) is 25.4 Å². The van der Waals surface area contributed by atoms with Crippen LogP contribution in [-0.4, -0.2) is 16.8 Å². The second-order valence-corrected chi connectivity index (χ2v) is 5.99. The largest absolute Gasteiger partial charge is 0.488 e. The third kappa shape index (κ3) is 5.05. The zero-order valence-electron chi connectivity index (χ0n) is 14.2. The summed E-state index contributed by atoms with van der Waals surface area (Å²) in [6, 6.07) is 17.1. The van der Waals surface area contributed by atoms with Crippen molar-refractivity contribution in [3.05, 3.63) is 94.8 Å². The molecule has 0 unspecified atom stereocenters. The number of carbonyl (C=O) groups is 2. The van der Waals surface area contributed by atoms with Crippen molar-refractivity contribution in [1.29, 1.82) is 0 Å². The van der Waals surface area contributed by atoms with Crippen molar-refractivity contribution in [2.75, 3.05) is 0 Å². The highest BCUT2D eigenvalue weighted by Crippen LogP contribution is 2.20. The van der Waals surface area contributed by atoms with Crippen molar-refractivity contribution >= 4 is 23.4 Å². The number of benzene rings is 2. The fourth-order valence-electron chi connectivity index (χ4n) is 2.28. The summed E-state index contributed by atoms with van der Waals surface area (Å²) >= 11 is 5.87. The van der Waals surface area contributed by atoms with Gasteiger partial charge in [-0.05, 0) is 42.0 Å². The van der Waals surface area contributed by atoms with Crippen molar-refractivity contribution in [2.24, 2.45) is 0 Å². The Morgan fingerprint density at radius 3 is 2.30 bits per heavy atom. The first kappa shape index (κ1) is 18.4. The normalized spacial score (nSPS) is 10.1. The Balaban J connectivity index is 1.63. The molecule has 2 amide bonds. The van der Waals surface area contributed by atoms with Crippen molar-refractivity contribution in [3.8, 4) is 5.75 Å². The van der Waals surface area contributed by atoms with Crippen LogP contribution < -0.4 is 15.6 Å². The topological polar surface area (TPSA) is 80.3 Å². The lowest BCUT2D eigenvalue weighted by Gasteiger charge is -2.12. The maximum Gasteiger partial charge on any atom is 0.273 e. The summed E-state index contributed by atoms with van der Waals surface area (Å²) in [6.45, 7) is 0.283. The molecule has 136 valence electrons. The molecular weight excluding hydrogens is 366 g/mol. The molecule has 0 atom stereocenters. The zero-order chi connectivity index (χ0) is 19.1. The number of para-hydroxylation sites is 1. The number of ether oxygens (including phenoxy) is 1. The van der Waals surface area contributed by atoms with Gasteiger partial charge in [0, 0.05) is 23.0 Å². The maximum atomic E-state index is 12.4. The molecule has 0 bridgehead atoms. The fraction of sp³-hybridized carbons (Fsp3) is 0.0500. The zero-order valence-corrected chi connectivity index (χ0v) is 14.9. The molecule has 0 aliphatic heterocycles. The molecule has 6 nitrogen and oxygen atoms in total. The Hall–Kier alpha value is -3.38. The molecule has 0 saturated carbocycles. The van der Waals surface area contributed by atoms with E-state index in [0.717, 1.165) is 5.56 Å². The first-order chi connectivity index (χ1) is 13.1. The highest BCUT2D eigenvalue weighted by atomic mass is 35.5. The third-order valence-corrected chi connectivity index (χ3v) is 3.92. The standard InChI is InChI=1S/C20H16ClN3O3/c21-16-7-5-14(6-8-16)13-27-18-4-2-1-3-17(18)20(26)24-23-19(25)15-9-11-22-12-10-15/h1-12H,13H2,(H,23,25)(H,24,26). The second-order valence-electron chi connectivity index (χ2n) is 5.56. The molecular formula is C20H16ClN3O3. The van der Waals surface area contributed by atoms with Gasteiger partial charge in [0.15, 0.2) is 0 Å². The number of nitrogens with one attached hydrogen (secondary N) is 2. The summed E-state index contributed by atoms with van der Waals surface area (Å²) in [7, 11) is 0. The van der Waals surface area contributed by atoms with Gasteiger partial charge in [-0.2, -0.15) is 0 Å². The number of aromatic nitrogens is 1. The lowest BCUT2D eigenvalue weighted by molar-refractivity contribution is 0.0844. The van der Waals surface area contributed by atoms with Gasteiger partial charge in [-0.25, -0.2) is 0 Å². The highest BCUT2D eigenvalue weighted by molar-refractivity contribution is 6.30. The van der Waals surface area contributed by atoms with E-state index in [1.165, 1.54) is 12.4 Å². The number of pyridine rings is 1. The number of nitrogens with zero attached hydrogens (tertiary/aromatic N) is 1. The molecule has 1 aromatic heterocycles. The first-order valence-corrected chi connectivity index (χ1v) is 8.48. The van der Waals surface area contributed by atoms with Gasteiger partial charge in [0.2, 0.25) is 0 Å². The van der Waals surface area contributed by atoms with E-state index in [1.54, 1.807) is 48.5 Å². The minimum Gasteiger partial charge on any atom is -0.488 e. The molecule has 0 radical (unpaired) electrons. The summed E-state index contributed by atoms with van der Waals surface area (Å²) in [5.41, 5.74) is 6.37. The molecule has 7 heteroatoms. The molecule has 0 aliphatic rings. The summed E-state index contributed by atoms with van der Waals surface area (Å²) in [4.78, 5) is 28.3. The van der Waals surface area contributed by atoms with Crippen LogP contribution in [0.4, 0.5) is 0 Å². The van der Waals surface area contributed by atoms with Crippen LogP contribution in [0.15, 0.2) is 73.1 Å². The Kier molecular flexibility index (Phi) is 6.02. The van der Waals surface area contributed by atoms with E-state index in [1.807, 2.05) is 12.1 Å². The summed E-state index contributed by atoms with van der Waals surface area (Å²) in [5, 5.41) is 0.642. The van der Waals surface area contributed by atoms with Crippen LogP contribution >= 0.6 is 11.6 Å². The van der Waals surface area contributed by atoms with Gasteiger partial charge in [-0.1, -0.05) is 35.9 Å². The number of hydrazine groups is 1. The van der Waals surface area contributed by atoms with Crippen LogP contribution in [0.1, 0.15) is 26.3 Å². The number of hydrogen-bond acceptors (Lipinski definition) is 4. The predicted octanol–water partition coefficient (Wildman–Crippen LogP) is 3.39. The summed E-state index contributed by atoms with van der Waals surface area (Å²) in [5.74, 6) is -0.516. The Labute approximate surface area is 161 Å². The minimum atomic E-state index is -0.482. The monoisotopic (exact) mass is 381 g/mol. The van der Waals surface area contributed by atoms with Gasteiger partial charge in [0.25, 0.3) is 11.8 Å². The van der Waals surface area contributed by atoms with Crippen LogP contribution in [0.3, 0.4) is 0 Å². The fourth-order valence-corrected chi connectivity index (χ4v) is 2.40. The minimum absolute atomic E-state index is 0.283. The van der Waals surface area contributed by atoms with Gasteiger partial charge < -0.3 is 4.74 Å². The van der Waals surface area contributed by atoms with Crippen LogP contribution in [-0.2, 0) is 6.61 Å². The van der Waals surface area contributed by atoms with E-state index < -0.39 is 11.8 Å². The number of hydrogen-bond donors (Lipinski definition) is 2. The van der Waals surface area contributed by atoms with E-state index in [0.29, 0.717) is 21.9 Å². The lowest BCUT2D eigenvalue weighted by Crippen LogP contribution is -2.41. The van der Waals surface area contributed by atoms with Crippen LogP contribution in [0.2, 0.25) is 5.02 Å². The van der Waals surface area contributed by atoms with Crippen LogP contribution in [0.5, 0.6) is 5.75 Å². The van der Waals surface area contributed by atoms with Crippen molar-refractivity contribution in [2.45, 2.75) is 6.61 Å². The molecule has 2 aromatic carbocycles. The van der Waals surface area contributed by atoms with Crippen LogP contribution in [0.25, 0.3) is 0 Å². The molecule has 1 heterocycles. The Bertz CT molecular complexity index is 931. The third-order valence-electron chi connectivity index (χ3n) is 3.67. The molecule has 0 fully saturated rings. The second kappa shape index (κ2) is 8.82. The highest BCUT2D eigenvalue weighted by Gasteiger charge is 2.13. The molecule has 27 heavy (non-hydrogen) atoms. The Morgan fingerprint density at radius 2 is 1.56 bits per heavy atom. The van der Waals surface area contributed by atoms with Crippen molar-refractivity contribution in [3.63, 3.8) is 0 Å². The average Bonchev–Trinajstić information content (AvgIpc) is 2.72. The van der Waals surface area contributed by atoms with Gasteiger partial charge in [0.05, 0.1) is 5.56 Å². The average molecular weight is 382 g/mol. The molecule has 3 rings (SSSR count). The smallest absolute Gasteiger partial charge is 0.273 e. The molecule has 3 aromatic rings. The number of rotatable bonds is 5. The van der Waals surface area contributed by atoms with E-state index >= 15 is 0 Å². The van der Waals surface area contributed by atoms with Gasteiger partial charge in [0.1, 0.15) is 12.4 Å². The molecule has 2 N–H and O–H groups in total. The van der Waals surface area contributed by atoms with E-state index in [9.17, 15) is 9.59 Å². The van der Waals surface area contributed by atoms with Crippen molar-refractivity contribution < 1.29 is 14.3 Å². The van der Waals surface area contributed by atoms with E-state index in [2.05, 4.69) is 15.8 Å². The maximum absolute atomic E-state index is 12.4.